The molecule has 0 radical (unpaired) electrons. The van der Waals surface area contributed by atoms with Gasteiger partial charge in [0.15, 0.2) is 5.11 Å². The second-order valence-corrected chi connectivity index (χ2v) is 5.27. The molecule has 0 atom stereocenters. The molecule has 0 aliphatic heterocycles. The summed E-state index contributed by atoms with van der Waals surface area (Å²) in [6.07, 6.45) is 3.44. The number of aromatic nitrogens is 1. The number of ether oxygens (including phenoxy) is 2. The summed E-state index contributed by atoms with van der Waals surface area (Å²) in [5.41, 5.74) is 1.48. The molecule has 2 aromatic rings. The van der Waals surface area contributed by atoms with Crippen LogP contribution in [-0.2, 0) is 11.3 Å². The molecule has 0 unspecified atom stereocenters. The van der Waals surface area contributed by atoms with Gasteiger partial charge < -0.3 is 14.8 Å². The molecule has 0 fully saturated rings. The first-order chi connectivity index (χ1) is 11.7. The van der Waals surface area contributed by atoms with Crippen LogP contribution in [0.2, 0.25) is 0 Å². The topological polar surface area (TPSA) is 72.5 Å². The van der Waals surface area contributed by atoms with Gasteiger partial charge in [-0.05, 0) is 48.1 Å². The molecular formula is C17H19N3O3S. The van der Waals surface area contributed by atoms with Gasteiger partial charge >= 0.3 is 0 Å². The second kappa shape index (κ2) is 9.59. The second-order valence-electron chi connectivity index (χ2n) is 4.86. The molecule has 0 aliphatic carbocycles. The van der Waals surface area contributed by atoms with E-state index in [1.165, 1.54) is 0 Å². The van der Waals surface area contributed by atoms with E-state index in [2.05, 4.69) is 15.6 Å². The highest BCUT2D eigenvalue weighted by Gasteiger charge is 2.08. The maximum absolute atomic E-state index is 12.1. The fourth-order valence-electron chi connectivity index (χ4n) is 1.85. The zero-order valence-electron chi connectivity index (χ0n) is 13.3. The highest BCUT2D eigenvalue weighted by Crippen LogP contribution is 2.12. The Morgan fingerprint density at radius 2 is 2.00 bits per heavy atom. The molecule has 2 N–H and O–H groups in total. The number of hydrogen-bond acceptors (Lipinski definition) is 5. The number of rotatable bonds is 7. The predicted octanol–water partition coefficient (Wildman–Crippen LogP) is 1.91. The van der Waals surface area contributed by atoms with E-state index in [4.69, 9.17) is 21.7 Å². The van der Waals surface area contributed by atoms with Crippen LogP contribution >= 0.6 is 12.2 Å². The summed E-state index contributed by atoms with van der Waals surface area (Å²) in [7, 11) is 1.61. The minimum atomic E-state index is -0.276. The third kappa shape index (κ3) is 5.94. The van der Waals surface area contributed by atoms with Crippen LogP contribution in [0.5, 0.6) is 5.75 Å². The lowest BCUT2D eigenvalue weighted by atomic mass is 10.2. The molecule has 1 aromatic heterocycles. The van der Waals surface area contributed by atoms with E-state index in [1.54, 1.807) is 43.8 Å². The monoisotopic (exact) mass is 345 g/mol. The van der Waals surface area contributed by atoms with Crippen molar-refractivity contribution in [1.82, 2.24) is 15.6 Å². The Bertz CT molecular complexity index is 663. The minimum Gasteiger partial charge on any atom is -0.491 e. The Balaban J connectivity index is 1.79. The lowest BCUT2D eigenvalue weighted by molar-refractivity contribution is 0.0976. The molecule has 0 spiro atoms. The molecule has 126 valence electrons. The summed E-state index contributed by atoms with van der Waals surface area (Å²) in [6, 6.07) is 10.6. The lowest BCUT2D eigenvalue weighted by Crippen LogP contribution is -2.38. The van der Waals surface area contributed by atoms with E-state index < -0.39 is 0 Å². The van der Waals surface area contributed by atoms with Gasteiger partial charge in [-0.15, -0.1) is 0 Å². The maximum Gasteiger partial charge on any atom is 0.257 e. The van der Waals surface area contributed by atoms with E-state index in [0.717, 1.165) is 5.56 Å². The Hall–Kier alpha value is -2.51. The molecule has 1 heterocycles. The van der Waals surface area contributed by atoms with Gasteiger partial charge in [0, 0.05) is 31.6 Å². The van der Waals surface area contributed by atoms with E-state index in [1.807, 2.05) is 12.1 Å². The number of nitrogens with zero attached hydrogens (tertiary/aromatic N) is 1. The van der Waals surface area contributed by atoms with Crippen LogP contribution in [0.3, 0.4) is 0 Å². The SMILES string of the molecule is COCCOc1ccc(C(=O)NC(=S)NCc2cccnc2)cc1. The van der Waals surface area contributed by atoms with Crippen molar-refractivity contribution in [3.8, 4) is 5.75 Å². The van der Waals surface area contributed by atoms with Crippen molar-refractivity contribution in [1.29, 1.82) is 0 Å². The van der Waals surface area contributed by atoms with Crippen molar-refractivity contribution < 1.29 is 14.3 Å². The molecule has 0 aliphatic rings. The number of hydrogen-bond donors (Lipinski definition) is 2. The standard InChI is InChI=1S/C17H19N3O3S/c1-22-9-10-23-15-6-4-14(5-7-15)16(21)20-17(24)19-12-13-3-2-8-18-11-13/h2-8,11H,9-10,12H2,1H3,(H2,19,20,21,24). The number of thiocarbonyl (C=S) groups is 1. The van der Waals surface area contributed by atoms with Crippen LogP contribution in [0.1, 0.15) is 15.9 Å². The fraction of sp³-hybridized carbons (Fsp3) is 0.235. The van der Waals surface area contributed by atoms with Crippen molar-refractivity contribution in [2.75, 3.05) is 20.3 Å². The highest BCUT2D eigenvalue weighted by atomic mass is 32.1. The van der Waals surface area contributed by atoms with E-state index in [-0.39, 0.29) is 11.0 Å². The normalized spacial score (nSPS) is 10.0. The van der Waals surface area contributed by atoms with Crippen molar-refractivity contribution in [2.45, 2.75) is 6.54 Å². The Kier molecular flexibility index (Phi) is 7.13. The summed E-state index contributed by atoms with van der Waals surface area (Å²) in [6.45, 7) is 1.47. The molecule has 0 saturated carbocycles. The van der Waals surface area contributed by atoms with Crippen LogP contribution < -0.4 is 15.4 Å². The predicted molar refractivity (Wildman–Crippen MR) is 95.0 cm³/mol. The summed E-state index contributed by atoms with van der Waals surface area (Å²) in [5.74, 6) is 0.406. The van der Waals surface area contributed by atoms with E-state index >= 15 is 0 Å². The summed E-state index contributed by atoms with van der Waals surface area (Å²) >= 11 is 5.12. The van der Waals surface area contributed by atoms with E-state index in [9.17, 15) is 4.79 Å². The van der Waals surface area contributed by atoms with Crippen molar-refractivity contribution in [3.05, 3.63) is 59.9 Å². The third-order valence-corrected chi connectivity index (χ3v) is 3.32. The molecule has 0 bridgehead atoms. The van der Waals surface area contributed by atoms with Gasteiger partial charge in [0.25, 0.3) is 5.91 Å². The quantitative estimate of drug-likeness (QED) is 0.590. The van der Waals surface area contributed by atoms with Gasteiger partial charge in [0.1, 0.15) is 12.4 Å². The molecule has 24 heavy (non-hydrogen) atoms. The largest absolute Gasteiger partial charge is 0.491 e. The van der Waals surface area contributed by atoms with Gasteiger partial charge in [-0.3, -0.25) is 15.1 Å². The first-order valence-electron chi connectivity index (χ1n) is 7.39. The van der Waals surface area contributed by atoms with Gasteiger partial charge in [-0.1, -0.05) is 6.07 Å². The minimum absolute atomic E-state index is 0.268. The molecule has 1 amide bonds. The number of benzene rings is 1. The lowest BCUT2D eigenvalue weighted by Gasteiger charge is -2.10. The van der Waals surface area contributed by atoms with Crippen molar-refractivity contribution in [3.63, 3.8) is 0 Å². The van der Waals surface area contributed by atoms with Crippen molar-refractivity contribution >= 4 is 23.2 Å². The summed E-state index contributed by atoms with van der Waals surface area (Å²) in [5, 5.41) is 5.87. The van der Waals surface area contributed by atoms with Gasteiger partial charge in [-0.25, -0.2) is 0 Å². The zero-order chi connectivity index (χ0) is 17.2. The maximum atomic E-state index is 12.1. The van der Waals surface area contributed by atoms with E-state index in [0.29, 0.717) is 31.1 Å². The molecule has 7 heteroatoms. The van der Waals surface area contributed by atoms with Crippen LogP contribution in [0, 0.1) is 0 Å². The molecule has 2 rings (SSSR count). The first kappa shape index (κ1) is 17.8. The number of carbonyl (C=O) groups excluding carboxylic acids is 1. The molecule has 6 nitrogen and oxygen atoms in total. The number of amides is 1. The smallest absolute Gasteiger partial charge is 0.257 e. The summed E-state index contributed by atoms with van der Waals surface area (Å²) < 4.78 is 10.4. The highest BCUT2D eigenvalue weighted by molar-refractivity contribution is 7.80. The Morgan fingerprint density at radius 1 is 1.21 bits per heavy atom. The van der Waals surface area contributed by atoms with Crippen LogP contribution in [-0.4, -0.2) is 36.3 Å². The fourth-order valence-corrected chi connectivity index (χ4v) is 2.01. The summed E-state index contributed by atoms with van der Waals surface area (Å²) in [4.78, 5) is 16.1. The Labute approximate surface area is 146 Å². The number of methoxy groups -OCH3 is 1. The van der Waals surface area contributed by atoms with Crippen molar-refractivity contribution in [2.24, 2.45) is 0 Å². The first-order valence-corrected chi connectivity index (χ1v) is 7.80. The van der Waals surface area contributed by atoms with Crippen LogP contribution in [0.25, 0.3) is 0 Å². The number of nitrogens with one attached hydrogen (secondary N) is 2. The van der Waals surface area contributed by atoms with Gasteiger partial charge in [-0.2, -0.15) is 0 Å². The van der Waals surface area contributed by atoms with Gasteiger partial charge in [0.2, 0.25) is 0 Å². The molecule has 1 aromatic carbocycles. The average Bonchev–Trinajstić information content (AvgIpc) is 2.61. The van der Waals surface area contributed by atoms with Crippen LogP contribution in [0.15, 0.2) is 48.8 Å². The van der Waals surface area contributed by atoms with Gasteiger partial charge in [0.05, 0.1) is 6.61 Å². The molecule has 0 saturated heterocycles. The molecular weight excluding hydrogens is 326 g/mol. The Morgan fingerprint density at radius 3 is 2.67 bits per heavy atom. The number of carbonyl (C=O) groups is 1. The zero-order valence-corrected chi connectivity index (χ0v) is 14.1. The van der Waals surface area contributed by atoms with Crippen LogP contribution in [0.4, 0.5) is 0 Å². The third-order valence-electron chi connectivity index (χ3n) is 3.08. The number of pyridine rings is 1. The average molecular weight is 345 g/mol.